The van der Waals surface area contributed by atoms with Crippen LogP contribution in [-0.4, -0.2) is 48.9 Å². The Kier molecular flexibility index (Phi) is 7.47. The molecule has 9 nitrogen and oxygen atoms in total. The predicted octanol–water partition coefficient (Wildman–Crippen LogP) is 2.86. The molecular weight excluding hydrogens is 444 g/mol. The van der Waals surface area contributed by atoms with Gasteiger partial charge in [0.2, 0.25) is 0 Å². The van der Waals surface area contributed by atoms with Gasteiger partial charge in [-0.2, -0.15) is 0 Å². The molecule has 0 unspecified atom stereocenters. The molecule has 0 aliphatic carbocycles. The van der Waals surface area contributed by atoms with E-state index in [1.165, 1.54) is 6.20 Å². The zero-order valence-electron chi connectivity index (χ0n) is 19.7. The van der Waals surface area contributed by atoms with Crippen LogP contribution in [0.5, 0.6) is 0 Å². The SMILES string of the molecule is CC(C)C[C@@H](CO)NC(=O)c1cnc2c(C(=O)NCc3ccc(-c4cccnc4)nc3)cccn12. The number of carbonyl (C=O) groups is 2. The quantitative estimate of drug-likeness (QED) is 0.344. The maximum Gasteiger partial charge on any atom is 0.270 e. The molecule has 0 saturated heterocycles. The second kappa shape index (κ2) is 10.9. The summed E-state index contributed by atoms with van der Waals surface area (Å²) in [6.45, 7) is 4.20. The Balaban J connectivity index is 1.45. The highest BCUT2D eigenvalue weighted by atomic mass is 16.3. The van der Waals surface area contributed by atoms with Crippen molar-refractivity contribution in [1.82, 2.24) is 30.0 Å². The Morgan fingerprint density at radius 2 is 1.89 bits per heavy atom. The van der Waals surface area contributed by atoms with Gasteiger partial charge >= 0.3 is 0 Å². The number of pyridine rings is 3. The van der Waals surface area contributed by atoms with Crippen molar-refractivity contribution in [3.63, 3.8) is 0 Å². The average Bonchev–Trinajstić information content (AvgIpc) is 3.32. The molecule has 1 atom stereocenters. The number of nitrogens with one attached hydrogen (secondary N) is 2. The van der Waals surface area contributed by atoms with E-state index in [1.807, 2.05) is 38.1 Å². The topological polar surface area (TPSA) is 122 Å². The van der Waals surface area contributed by atoms with Crippen LogP contribution < -0.4 is 10.6 Å². The largest absolute Gasteiger partial charge is 0.394 e. The molecule has 0 radical (unpaired) electrons. The Morgan fingerprint density at radius 1 is 1.03 bits per heavy atom. The van der Waals surface area contributed by atoms with Gasteiger partial charge in [-0.3, -0.25) is 24.0 Å². The molecule has 0 aliphatic heterocycles. The monoisotopic (exact) mass is 472 g/mol. The molecule has 0 fully saturated rings. The maximum absolute atomic E-state index is 12.9. The van der Waals surface area contributed by atoms with Crippen LogP contribution in [0.15, 0.2) is 67.4 Å². The van der Waals surface area contributed by atoms with Gasteiger partial charge in [0.15, 0.2) is 0 Å². The summed E-state index contributed by atoms with van der Waals surface area (Å²) in [5.41, 5.74) is 3.60. The number of fused-ring (bicyclic) bond motifs is 1. The number of hydrogen-bond acceptors (Lipinski definition) is 6. The summed E-state index contributed by atoms with van der Waals surface area (Å²) in [5.74, 6) is -0.334. The molecule has 2 amide bonds. The highest BCUT2D eigenvalue weighted by Crippen LogP contribution is 2.16. The van der Waals surface area contributed by atoms with Gasteiger partial charge in [-0.25, -0.2) is 4.98 Å². The molecule has 35 heavy (non-hydrogen) atoms. The molecule has 0 bridgehead atoms. The van der Waals surface area contributed by atoms with Crippen LogP contribution in [0.3, 0.4) is 0 Å². The van der Waals surface area contributed by atoms with Crippen molar-refractivity contribution in [1.29, 1.82) is 0 Å². The number of aliphatic hydroxyl groups is 1. The molecule has 180 valence electrons. The van der Waals surface area contributed by atoms with Gasteiger partial charge < -0.3 is 15.7 Å². The second-order valence-corrected chi connectivity index (χ2v) is 8.72. The van der Waals surface area contributed by atoms with Crippen molar-refractivity contribution in [3.05, 3.63) is 84.2 Å². The Labute approximate surface area is 203 Å². The van der Waals surface area contributed by atoms with Gasteiger partial charge in [-0.15, -0.1) is 0 Å². The van der Waals surface area contributed by atoms with Crippen LogP contribution in [0.2, 0.25) is 0 Å². The van der Waals surface area contributed by atoms with Crippen molar-refractivity contribution in [3.8, 4) is 11.3 Å². The molecular formula is C26H28N6O3. The van der Waals surface area contributed by atoms with Crippen molar-refractivity contribution in [2.24, 2.45) is 5.92 Å². The minimum Gasteiger partial charge on any atom is -0.394 e. The van der Waals surface area contributed by atoms with E-state index in [4.69, 9.17) is 0 Å². The number of carbonyl (C=O) groups excluding carboxylic acids is 2. The van der Waals surface area contributed by atoms with Crippen LogP contribution in [0.25, 0.3) is 16.9 Å². The fourth-order valence-corrected chi connectivity index (χ4v) is 3.86. The third-order valence-corrected chi connectivity index (χ3v) is 5.56. The number of rotatable bonds is 9. The van der Waals surface area contributed by atoms with Crippen molar-refractivity contribution in [2.75, 3.05) is 6.61 Å². The van der Waals surface area contributed by atoms with E-state index >= 15 is 0 Å². The van der Waals surface area contributed by atoms with E-state index in [0.29, 0.717) is 35.8 Å². The van der Waals surface area contributed by atoms with Gasteiger partial charge in [-0.1, -0.05) is 19.9 Å². The predicted molar refractivity (Wildman–Crippen MR) is 132 cm³/mol. The number of imidazole rings is 1. The third-order valence-electron chi connectivity index (χ3n) is 5.56. The van der Waals surface area contributed by atoms with Crippen molar-refractivity contribution < 1.29 is 14.7 Å². The second-order valence-electron chi connectivity index (χ2n) is 8.72. The van der Waals surface area contributed by atoms with Gasteiger partial charge in [0, 0.05) is 36.9 Å². The molecule has 0 spiro atoms. The highest BCUT2D eigenvalue weighted by Gasteiger charge is 2.20. The summed E-state index contributed by atoms with van der Waals surface area (Å²) in [7, 11) is 0. The van der Waals surface area contributed by atoms with Gasteiger partial charge in [0.25, 0.3) is 11.8 Å². The minimum atomic E-state index is -0.352. The molecule has 4 heterocycles. The third kappa shape index (κ3) is 5.70. The molecule has 4 rings (SSSR count). The van der Waals surface area contributed by atoms with Crippen LogP contribution in [0, 0.1) is 5.92 Å². The number of nitrogens with zero attached hydrogens (tertiary/aromatic N) is 4. The standard InChI is InChI=1S/C26H28N6O3/c1-17(2)11-20(16-33)31-26(35)23-15-29-24-21(6-4-10-32(23)24)25(34)30-13-18-7-8-22(28-12-18)19-5-3-9-27-14-19/h3-10,12,14-15,17,20,33H,11,13,16H2,1-2H3,(H,30,34)(H,31,35)/t20-/m0/s1. The van der Waals surface area contributed by atoms with E-state index in [9.17, 15) is 14.7 Å². The Bertz CT molecular complexity index is 1300. The van der Waals surface area contributed by atoms with Crippen LogP contribution in [0.4, 0.5) is 0 Å². The molecule has 0 saturated carbocycles. The van der Waals surface area contributed by atoms with E-state index in [1.54, 1.807) is 41.3 Å². The summed E-state index contributed by atoms with van der Waals surface area (Å²) < 4.78 is 1.58. The molecule has 0 aliphatic rings. The highest BCUT2D eigenvalue weighted by molar-refractivity contribution is 6.01. The zero-order valence-corrected chi connectivity index (χ0v) is 19.7. The van der Waals surface area contributed by atoms with E-state index in [-0.39, 0.29) is 24.5 Å². The van der Waals surface area contributed by atoms with Crippen LogP contribution in [0.1, 0.15) is 46.7 Å². The van der Waals surface area contributed by atoms with Crippen molar-refractivity contribution in [2.45, 2.75) is 32.9 Å². The first-order chi connectivity index (χ1) is 17.0. The first kappa shape index (κ1) is 24.0. The first-order valence-corrected chi connectivity index (χ1v) is 11.5. The number of amides is 2. The molecule has 3 N–H and O–H groups in total. The van der Waals surface area contributed by atoms with Crippen LogP contribution >= 0.6 is 0 Å². The lowest BCUT2D eigenvalue weighted by molar-refractivity contribution is 0.0900. The normalized spacial score (nSPS) is 12.0. The van der Waals surface area contributed by atoms with Gasteiger partial charge in [-0.05, 0) is 48.2 Å². The van der Waals surface area contributed by atoms with Crippen LogP contribution in [-0.2, 0) is 6.54 Å². The lowest BCUT2D eigenvalue weighted by Crippen LogP contribution is -2.38. The fraction of sp³-hybridized carbons (Fsp3) is 0.269. The maximum atomic E-state index is 12.9. The zero-order chi connectivity index (χ0) is 24.8. The molecule has 9 heteroatoms. The Morgan fingerprint density at radius 3 is 2.57 bits per heavy atom. The molecule has 4 aromatic heterocycles. The Hall–Kier alpha value is -4.11. The lowest BCUT2D eigenvalue weighted by Gasteiger charge is -2.18. The fourth-order valence-electron chi connectivity index (χ4n) is 3.86. The lowest BCUT2D eigenvalue weighted by atomic mass is 10.0. The molecule has 0 aromatic carbocycles. The smallest absolute Gasteiger partial charge is 0.270 e. The first-order valence-electron chi connectivity index (χ1n) is 11.5. The number of hydrogen-bond donors (Lipinski definition) is 3. The number of aliphatic hydroxyl groups excluding tert-OH is 1. The van der Waals surface area contributed by atoms with Gasteiger partial charge in [0.1, 0.15) is 11.3 Å². The van der Waals surface area contributed by atoms with E-state index in [2.05, 4.69) is 25.6 Å². The summed E-state index contributed by atoms with van der Waals surface area (Å²) in [6, 6.07) is 10.6. The molecule has 4 aromatic rings. The minimum absolute atomic E-state index is 0.146. The average molecular weight is 473 g/mol. The van der Waals surface area contributed by atoms with Crippen molar-refractivity contribution >= 4 is 17.5 Å². The summed E-state index contributed by atoms with van der Waals surface area (Å²) in [6.07, 6.45) is 8.96. The van der Waals surface area contributed by atoms with Gasteiger partial charge in [0.05, 0.1) is 30.1 Å². The summed E-state index contributed by atoms with van der Waals surface area (Å²) in [4.78, 5) is 38.6. The summed E-state index contributed by atoms with van der Waals surface area (Å²) >= 11 is 0. The summed E-state index contributed by atoms with van der Waals surface area (Å²) in [5, 5.41) is 15.3. The number of aromatic nitrogens is 4. The van der Waals surface area contributed by atoms with E-state index in [0.717, 1.165) is 16.8 Å². The van der Waals surface area contributed by atoms with E-state index < -0.39 is 0 Å².